The molecule has 4 aliphatic carbocycles. The zero-order valence-electron chi connectivity index (χ0n) is 70.4. The Balaban J connectivity index is 0.000000133. The summed E-state index contributed by atoms with van der Waals surface area (Å²) in [6.45, 7) is 14.0. The Bertz CT molecular complexity index is 8780. The molecule has 20 aromatic carbocycles. The fourth-order valence-electron chi connectivity index (χ4n) is 24.2. The van der Waals surface area contributed by atoms with Crippen molar-refractivity contribution in [2.24, 2.45) is 0 Å². The summed E-state index contributed by atoms with van der Waals surface area (Å²) in [5.41, 5.74) is 39.4. The molecular formula is C122H80O4. The molecule has 0 saturated carbocycles. The molecule has 4 heterocycles. The van der Waals surface area contributed by atoms with Crippen molar-refractivity contribution in [3.63, 3.8) is 0 Å². The summed E-state index contributed by atoms with van der Waals surface area (Å²) >= 11 is 0. The lowest BCUT2D eigenvalue weighted by molar-refractivity contribution is 0.656. The highest BCUT2D eigenvalue weighted by Crippen LogP contribution is 2.62. The third-order valence-electron chi connectivity index (χ3n) is 29.6. The number of hydrogen-bond donors (Lipinski definition) is 0. The SMILES string of the molecule is CC1(C)c2ccccc2-c2c1ccc1oc3cc(-c4c5ccccc5c(-c5cccc6c5oc5ccc7c(c56)-c5ccccc5C7(c5ccccc5)c5ccccc5)c5ccccc45)ccc3c21.CC1(C)c2ccccc2-c2c1ccc1oc3ccc(-c4c5ccccc5c(-c5cccc6c5oc5ccc7c(c56)-c5ccccc5C7(C)C)c5ccccc45)cc3c21. The molecular weight excluding hydrogens is 1530 g/mol. The van der Waals surface area contributed by atoms with E-state index >= 15 is 0 Å². The van der Waals surface area contributed by atoms with E-state index in [1.54, 1.807) is 0 Å². The van der Waals surface area contributed by atoms with E-state index in [0.717, 1.165) is 88.3 Å². The van der Waals surface area contributed by atoms with Gasteiger partial charge in [-0.25, -0.2) is 0 Å². The third kappa shape index (κ3) is 9.36. The van der Waals surface area contributed by atoms with E-state index < -0.39 is 5.41 Å². The van der Waals surface area contributed by atoms with Gasteiger partial charge >= 0.3 is 0 Å². The molecule has 0 radical (unpaired) electrons. The Labute approximate surface area is 727 Å². The number of furan rings is 4. The van der Waals surface area contributed by atoms with Crippen molar-refractivity contribution >= 4 is 131 Å². The van der Waals surface area contributed by atoms with E-state index in [9.17, 15) is 0 Å². The highest BCUT2D eigenvalue weighted by molar-refractivity contribution is 6.29. The number of benzene rings is 20. The number of rotatable bonds is 6. The Morgan fingerprint density at radius 1 is 0.167 bits per heavy atom. The zero-order valence-corrected chi connectivity index (χ0v) is 70.4. The van der Waals surface area contributed by atoms with Crippen molar-refractivity contribution in [2.75, 3.05) is 0 Å². The topological polar surface area (TPSA) is 52.6 Å². The van der Waals surface area contributed by atoms with E-state index in [1.165, 1.54) is 187 Å². The number of para-hydroxylation sites is 2. The van der Waals surface area contributed by atoms with Crippen molar-refractivity contribution in [3.8, 4) is 89.0 Å². The molecule has 0 atom stereocenters. The number of hydrogen-bond acceptors (Lipinski definition) is 4. The summed E-state index contributed by atoms with van der Waals surface area (Å²) in [7, 11) is 0. The van der Waals surface area contributed by atoms with Gasteiger partial charge in [0.15, 0.2) is 0 Å². The first-order valence-corrected chi connectivity index (χ1v) is 44.2. The van der Waals surface area contributed by atoms with Gasteiger partial charge in [0.25, 0.3) is 0 Å². The molecule has 4 nitrogen and oxygen atoms in total. The summed E-state index contributed by atoms with van der Waals surface area (Å²) in [5.74, 6) is 0. The second kappa shape index (κ2) is 25.6. The predicted molar refractivity (Wildman–Crippen MR) is 524 cm³/mol. The van der Waals surface area contributed by atoms with Crippen molar-refractivity contribution in [3.05, 3.63) is 432 Å². The van der Waals surface area contributed by atoms with Crippen LogP contribution >= 0.6 is 0 Å². The first-order valence-electron chi connectivity index (χ1n) is 44.2. The molecule has 0 spiro atoms. The summed E-state index contributed by atoms with van der Waals surface area (Å²) in [4.78, 5) is 0. The maximum absolute atomic E-state index is 7.20. The molecule has 24 aromatic rings. The molecule has 4 aromatic heterocycles. The lowest BCUT2D eigenvalue weighted by atomic mass is 9.67. The van der Waals surface area contributed by atoms with Gasteiger partial charge in [-0.2, -0.15) is 0 Å². The normalized spacial score (nSPS) is 14.5. The summed E-state index contributed by atoms with van der Waals surface area (Å²) < 4.78 is 27.6. The fourth-order valence-corrected chi connectivity index (χ4v) is 24.2. The van der Waals surface area contributed by atoms with Gasteiger partial charge in [-0.1, -0.05) is 369 Å². The molecule has 126 heavy (non-hydrogen) atoms. The summed E-state index contributed by atoms with van der Waals surface area (Å²) in [5, 5.41) is 18.9. The van der Waals surface area contributed by atoms with Gasteiger partial charge in [0, 0.05) is 81.6 Å². The van der Waals surface area contributed by atoms with Crippen molar-refractivity contribution in [2.45, 2.75) is 63.2 Å². The monoisotopic (exact) mass is 1610 g/mol. The second-order valence-corrected chi connectivity index (χ2v) is 36.9. The average molecular weight is 1610 g/mol. The Hall–Kier alpha value is -15.4. The number of fused-ring (bicyclic) bond motifs is 32. The van der Waals surface area contributed by atoms with E-state index in [4.69, 9.17) is 17.7 Å². The third-order valence-corrected chi connectivity index (χ3v) is 29.6. The van der Waals surface area contributed by atoms with Gasteiger partial charge in [0.2, 0.25) is 0 Å². The summed E-state index contributed by atoms with van der Waals surface area (Å²) in [6, 6.07) is 138. The minimum Gasteiger partial charge on any atom is -0.456 e. The first-order chi connectivity index (χ1) is 61.8. The smallest absolute Gasteiger partial charge is 0.143 e. The van der Waals surface area contributed by atoms with Crippen molar-refractivity contribution in [1.82, 2.24) is 0 Å². The quantitative estimate of drug-likeness (QED) is 0.156. The van der Waals surface area contributed by atoms with Crippen LogP contribution < -0.4 is 0 Å². The highest BCUT2D eigenvalue weighted by Gasteiger charge is 2.48. The van der Waals surface area contributed by atoms with Gasteiger partial charge in [-0.05, 0) is 214 Å². The molecule has 0 bridgehead atoms. The predicted octanol–water partition coefficient (Wildman–Crippen LogP) is 33.5. The maximum atomic E-state index is 7.20. The molecule has 4 heteroatoms. The second-order valence-electron chi connectivity index (χ2n) is 36.9. The minimum atomic E-state index is -0.500. The van der Waals surface area contributed by atoms with E-state index in [1.807, 2.05) is 0 Å². The fraction of sp³-hybridized carbons (Fsp3) is 0.0820. The minimum absolute atomic E-state index is 0.0853. The van der Waals surface area contributed by atoms with Gasteiger partial charge in [-0.15, -0.1) is 0 Å². The van der Waals surface area contributed by atoms with Crippen LogP contribution in [0.3, 0.4) is 0 Å². The van der Waals surface area contributed by atoms with Crippen LogP contribution in [0.4, 0.5) is 0 Å². The molecule has 0 fully saturated rings. The largest absolute Gasteiger partial charge is 0.456 e. The van der Waals surface area contributed by atoms with Gasteiger partial charge in [0.05, 0.1) is 5.41 Å². The summed E-state index contributed by atoms with van der Waals surface area (Å²) in [6.07, 6.45) is 0. The van der Waals surface area contributed by atoms with Crippen LogP contribution in [0.15, 0.2) is 394 Å². The molecule has 0 amide bonds. The van der Waals surface area contributed by atoms with E-state index in [-0.39, 0.29) is 16.2 Å². The van der Waals surface area contributed by atoms with Crippen molar-refractivity contribution < 1.29 is 17.7 Å². The first kappa shape index (κ1) is 71.2. The maximum Gasteiger partial charge on any atom is 0.143 e. The van der Waals surface area contributed by atoms with E-state index in [2.05, 4.69) is 418 Å². The highest BCUT2D eigenvalue weighted by atomic mass is 16.3. The van der Waals surface area contributed by atoms with Crippen LogP contribution in [-0.4, -0.2) is 0 Å². The van der Waals surface area contributed by atoms with Crippen molar-refractivity contribution in [1.29, 1.82) is 0 Å². The Kier molecular flexibility index (Phi) is 14.5. The zero-order chi connectivity index (χ0) is 83.5. The van der Waals surface area contributed by atoms with Crippen LogP contribution in [0.5, 0.6) is 0 Å². The van der Waals surface area contributed by atoms with Gasteiger partial charge in [0.1, 0.15) is 44.7 Å². The molecule has 4 aliphatic rings. The van der Waals surface area contributed by atoms with Crippen LogP contribution in [0.1, 0.15) is 97.2 Å². The lowest BCUT2D eigenvalue weighted by Gasteiger charge is -2.33. The van der Waals surface area contributed by atoms with Crippen LogP contribution in [0, 0.1) is 0 Å². The molecule has 0 saturated heterocycles. The average Bonchev–Trinajstić information content (AvgIpc) is 1.50. The van der Waals surface area contributed by atoms with Crippen LogP contribution in [-0.2, 0) is 21.7 Å². The molecule has 0 unspecified atom stereocenters. The van der Waals surface area contributed by atoms with Crippen LogP contribution in [0.2, 0.25) is 0 Å². The molecule has 592 valence electrons. The molecule has 0 aliphatic heterocycles. The Morgan fingerprint density at radius 2 is 0.460 bits per heavy atom. The molecule has 28 rings (SSSR count). The van der Waals surface area contributed by atoms with Gasteiger partial charge in [-0.3, -0.25) is 0 Å². The van der Waals surface area contributed by atoms with E-state index in [0.29, 0.717) is 0 Å². The molecule has 0 N–H and O–H groups in total. The van der Waals surface area contributed by atoms with Gasteiger partial charge < -0.3 is 17.7 Å². The Morgan fingerprint density at radius 3 is 0.889 bits per heavy atom. The standard InChI is InChI=1S/C66H42O2.C56H38O2/c1-65(2)51-30-15-13-26-46(51)60-53(65)34-36-55-62(60)48-33-32-39(38-57(48)67-55)58-42-22-9-11-24-44(42)59(45-25-12-10-23-43(45)58)49-28-17-29-50-63-56(68-64(49)50)37-35-54-61(63)47-27-14-16-31-52(47)66(54,40-18-5-3-6-19-40)41-20-7-4-8-21-41;1-55(2)41-22-11-9-18-36(41)50-43(55)26-29-47-52(50)39-21-13-20-38(54(39)58-47)49-34-16-7-5-14-32(34)48(33-15-6-8-17-35(33)49)31-24-27-45-40(30-31)53-46(57-45)28-25-44-51(53)37-19-10-12-23-42(37)56(44,3)4/h3-38H,1-2H3;5-30H,1-4H3. The lowest BCUT2D eigenvalue weighted by Crippen LogP contribution is -2.28. The van der Waals surface area contributed by atoms with Crippen LogP contribution in [0.25, 0.3) is 220 Å².